The summed E-state index contributed by atoms with van der Waals surface area (Å²) < 4.78 is 13.9. The van der Waals surface area contributed by atoms with Gasteiger partial charge in [-0.25, -0.2) is 4.98 Å². The van der Waals surface area contributed by atoms with Crippen molar-refractivity contribution in [2.75, 3.05) is 5.32 Å². The molecule has 2 aromatic rings. The van der Waals surface area contributed by atoms with Gasteiger partial charge in [-0.2, -0.15) is 4.39 Å². The van der Waals surface area contributed by atoms with Gasteiger partial charge in [0.05, 0.1) is 0 Å². The van der Waals surface area contributed by atoms with Crippen LogP contribution < -0.4 is 5.32 Å². The molecule has 0 atom stereocenters. The average Bonchev–Trinajstić information content (AvgIpc) is 2.34. The molecule has 5 heteroatoms. The molecule has 0 bridgehead atoms. The van der Waals surface area contributed by atoms with Crippen LogP contribution in [0, 0.1) is 12.9 Å². The number of hydrogen-bond acceptors (Lipinski definition) is 2. The minimum atomic E-state index is -0.672. The molecule has 0 aliphatic rings. The number of carbonyl (C=O) groups excluding carboxylic acids is 1. The smallest absolute Gasteiger partial charge is 0.255 e. The van der Waals surface area contributed by atoms with E-state index in [2.05, 4.69) is 26.2 Å². The van der Waals surface area contributed by atoms with Crippen LogP contribution in [0.5, 0.6) is 0 Å². The maximum absolute atomic E-state index is 12.9. The molecule has 1 aromatic carbocycles. The van der Waals surface area contributed by atoms with Crippen molar-refractivity contribution in [2.24, 2.45) is 0 Å². The van der Waals surface area contributed by atoms with Crippen molar-refractivity contribution in [3.63, 3.8) is 0 Å². The summed E-state index contributed by atoms with van der Waals surface area (Å²) in [5.41, 5.74) is 1.91. The summed E-state index contributed by atoms with van der Waals surface area (Å²) in [7, 11) is 0. The van der Waals surface area contributed by atoms with Gasteiger partial charge in [0.15, 0.2) is 0 Å². The molecule has 2 rings (SSSR count). The van der Waals surface area contributed by atoms with Crippen LogP contribution in [0.4, 0.5) is 10.1 Å². The van der Waals surface area contributed by atoms with Crippen LogP contribution in [0.1, 0.15) is 15.9 Å². The summed E-state index contributed by atoms with van der Waals surface area (Å²) in [6.45, 7) is 1.92. The number of aromatic nitrogens is 1. The highest BCUT2D eigenvalue weighted by Crippen LogP contribution is 2.20. The normalized spacial score (nSPS) is 10.2. The van der Waals surface area contributed by atoms with E-state index in [-0.39, 0.29) is 11.5 Å². The molecule has 1 aromatic heterocycles. The summed E-state index contributed by atoms with van der Waals surface area (Å²) in [4.78, 5) is 15.2. The Morgan fingerprint density at radius 1 is 1.33 bits per heavy atom. The highest BCUT2D eigenvalue weighted by atomic mass is 79.9. The lowest BCUT2D eigenvalue weighted by Gasteiger charge is -2.07. The van der Waals surface area contributed by atoms with Crippen molar-refractivity contribution < 1.29 is 9.18 Å². The zero-order chi connectivity index (χ0) is 13.1. The lowest BCUT2D eigenvalue weighted by molar-refractivity contribution is 0.102. The van der Waals surface area contributed by atoms with Crippen molar-refractivity contribution in [1.29, 1.82) is 0 Å². The number of rotatable bonds is 2. The Bertz CT molecular complexity index is 601. The summed E-state index contributed by atoms with van der Waals surface area (Å²) >= 11 is 3.38. The number of aryl methyl sites for hydroxylation is 1. The molecule has 0 saturated heterocycles. The number of halogens is 2. The minimum Gasteiger partial charge on any atom is -0.322 e. The number of carbonyl (C=O) groups is 1. The maximum Gasteiger partial charge on any atom is 0.255 e. The molecule has 18 heavy (non-hydrogen) atoms. The second-order valence-corrected chi connectivity index (χ2v) is 4.64. The molecule has 0 aliphatic carbocycles. The van der Waals surface area contributed by atoms with Crippen LogP contribution in [-0.2, 0) is 0 Å². The fourth-order valence-electron chi connectivity index (χ4n) is 1.47. The number of benzene rings is 1. The SMILES string of the molecule is Cc1cc(NC(=O)c2ccnc(F)c2)ccc1Br. The Labute approximate surface area is 112 Å². The highest BCUT2D eigenvalue weighted by Gasteiger charge is 2.07. The van der Waals surface area contributed by atoms with Crippen molar-refractivity contribution in [3.8, 4) is 0 Å². The summed E-state index contributed by atoms with van der Waals surface area (Å²) in [5.74, 6) is -1.03. The fourth-order valence-corrected chi connectivity index (χ4v) is 1.72. The van der Waals surface area contributed by atoms with Gasteiger partial charge < -0.3 is 5.32 Å². The molecule has 0 spiro atoms. The van der Waals surface area contributed by atoms with Crippen LogP contribution in [0.15, 0.2) is 41.0 Å². The van der Waals surface area contributed by atoms with Gasteiger partial charge in [0.1, 0.15) is 0 Å². The minimum absolute atomic E-state index is 0.239. The monoisotopic (exact) mass is 308 g/mol. The van der Waals surface area contributed by atoms with E-state index >= 15 is 0 Å². The third-order valence-corrected chi connectivity index (χ3v) is 3.29. The van der Waals surface area contributed by atoms with Crippen LogP contribution in [0.25, 0.3) is 0 Å². The second-order valence-electron chi connectivity index (χ2n) is 3.79. The topological polar surface area (TPSA) is 42.0 Å². The lowest BCUT2D eigenvalue weighted by Crippen LogP contribution is -2.12. The van der Waals surface area contributed by atoms with E-state index < -0.39 is 5.95 Å². The van der Waals surface area contributed by atoms with Gasteiger partial charge in [-0.05, 0) is 36.8 Å². The van der Waals surface area contributed by atoms with E-state index in [1.54, 1.807) is 6.07 Å². The Morgan fingerprint density at radius 2 is 2.11 bits per heavy atom. The van der Waals surface area contributed by atoms with E-state index in [9.17, 15) is 9.18 Å². The molecule has 3 nitrogen and oxygen atoms in total. The van der Waals surface area contributed by atoms with E-state index in [4.69, 9.17) is 0 Å². The highest BCUT2D eigenvalue weighted by molar-refractivity contribution is 9.10. The number of hydrogen-bond donors (Lipinski definition) is 1. The first-order chi connectivity index (χ1) is 8.56. The molecule has 1 heterocycles. The molecular formula is C13H10BrFN2O. The Hall–Kier alpha value is -1.75. The zero-order valence-corrected chi connectivity index (χ0v) is 11.2. The van der Waals surface area contributed by atoms with Gasteiger partial charge in [0.25, 0.3) is 5.91 Å². The number of pyridine rings is 1. The Kier molecular flexibility index (Phi) is 3.72. The van der Waals surface area contributed by atoms with Crippen molar-refractivity contribution in [3.05, 3.63) is 58.1 Å². The average molecular weight is 309 g/mol. The molecule has 92 valence electrons. The van der Waals surface area contributed by atoms with Crippen molar-refractivity contribution in [1.82, 2.24) is 4.98 Å². The molecule has 0 aliphatic heterocycles. The molecular weight excluding hydrogens is 299 g/mol. The number of amides is 1. The van der Waals surface area contributed by atoms with Crippen LogP contribution in [-0.4, -0.2) is 10.9 Å². The van der Waals surface area contributed by atoms with E-state index in [1.165, 1.54) is 12.3 Å². The van der Waals surface area contributed by atoms with Gasteiger partial charge in [-0.15, -0.1) is 0 Å². The number of anilines is 1. The molecule has 1 amide bonds. The first-order valence-electron chi connectivity index (χ1n) is 5.25. The third kappa shape index (κ3) is 2.92. The fraction of sp³-hybridized carbons (Fsp3) is 0.0769. The van der Waals surface area contributed by atoms with E-state index in [0.29, 0.717) is 5.69 Å². The first kappa shape index (κ1) is 12.7. The molecule has 0 radical (unpaired) electrons. The number of nitrogens with one attached hydrogen (secondary N) is 1. The molecule has 1 N–H and O–H groups in total. The standard InChI is InChI=1S/C13H10BrFN2O/c1-8-6-10(2-3-11(8)14)17-13(18)9-4-5-16-12(15)7-9/h2-7H,1H3,(H,17,18). The first-order valence-corrected chi connectivity index (χ1v) is 6.04. The quantitative estimate of drug-likeness (QED) is 0.862. The summed E-state index contributed by atoms with van der Waals surface area (Å²) in [5, 5.41) is 2.70. The predicted octanol–water partition coefficient (Wildman–Crippen LogP) is 3.54. The predicted molar refractivity (Wildman–Crippen MR) is 71.0 cm³/mol. The van der Waals surface area contributed by atoms with Crippen molar-refractivity contribution >= 4 is 27.5 Å². The molecule has 0 unspecified atom stereocenters. The van der Waals surface area contributed by atoms with Gasteiger partial charge in [-0.3, -0.25) is 4.79 Å². The summed E-state index contributed by atoms with van der Waals surface area (Å²) in [6, 6.07) is 8.01. The van der Waals surface area contributed by atoms with Gasteiger partial charge in [0, 0.05) is 28.0 Å². The second kappa shape index (κ2) is 5.27. The molecule has 0 saturated carbocycles. The lowest BCUT2D eigenvalue weighted by atomic mass is 10.2. The zero-order valence-electron chi connectivity index (χ0n) is 9.58. The molecule has 0 fully saturated rings. The third-order valence-electron chi connectivity index (χ3n) is 2.40. The van der Waals surface area contributed by atoms with Gasteiger partial charge >= 0.3 is 0 Å². The van der Waals surface area contributed by atoms with Crippen LogP contribution in [0.3, 0.4) is 0 Å². The number of nitrogens with zero attached hydrogens (tertiary/aromatic N) is 1. The maximum atomic E-state index is 12.9. The Balaban J connectivity index is 2.18. The van der Waals surface area contributed by atoms with E-state index in [0.717, 1.165) is 16.1 Å². The van der Waals surface area contributed by atoms with Gasteiger partial charge in [-0.1, -0.05) is 15.9 Å². The largest absolute Gasteiger partial charge is 0.322 e. The summed E-state index contributed by atoms with van der Waals surface area (Å²) in [6.07, 6.45) is 1.26. The van der Waals surface area contributed by atoms with E-state index in [1.807, 2.05) is 19.1 Å². The van der Waals surface area contributed by atoms with Crippen molar-refractivity contribution in [2.45, 2.75) is 6.92 Å². The van der Waals surface area contributed by atoms with Crippen LogP contribution >= 0.6 is 15.9 Å². The Morgan fingerprint density at radius 3 is 2.78 bits per heavy atom. The van der Waals surface area contributed by atoms with Crippen LogP contribution in [0.2, 0.25) is 0 Å². The van der Waals surface area contributed by atoms with Gasteiger partial charge in [0.2, 0.25) is 5.95 Å².